The number of esters is 1. The van der Waals surface area contributed by atoms with Gasteiger partial charge in [-0.25, -0.2) is 4.79 Å². The van der Waals surface area contributed by atoms with Crippen LogP contribution >= 0.6 is 0 Å². The highest BCUT2D eigenvalue weighted by Gasteiger charge is 2.29. The number of nitrogens with zero attached hydrogens (tertiary/aromatic N) is 1. The topological polar surface area (TPSA) is 76.8 Å². The monoisotopic (exact) mass is 237 g/mol. The fraction of sp³-hybridized carbons (Fsp3) is 0.364. The van der Waals surface area contributed by atoms with Crippen LogP contribution < -0.4 is 0 Å². The number of likely N-dealkylation sites (tertiary alicyclic amines) is 1. The lowest BCUT2D eigenvalue weighted by molar-refractivity contribution is -0.139. The summed E-state index contributed by atoms with van der Waals surface area (Å²) in [5, 5.41) is 0. The smallest absolute Gasteiger partial charge is 0.373 e. The Morgan fingerprint density at radius 1 is 1.35 bits per heavy atom. The van der Waals surface area contributed by atoms with Crippen LogP contribution in [0.1, 0.15) is 29.2 Å². The van der Waals surface area contributed by atoms with Gasteiger partial charge in [0.1, 0.15) is 5.76 Å². The molecule has 6 heteroatoms. The Bertz CT molecular complexity index is 460. The van der Waals surface area contributed by atoms with Crippen molar-refractivity contribution in [2.24, 2.45) is 0 Å². The molecule has 2 rings (SSSR count). The Balaban J connectivity index is 2.09. The van der Waals surface area contributed by atoms with Gasteiger partial charge in [-0.2, -0.15) is 0 Å². The van der Waals surface area contributed by atoms with E-state index in [0.29, 0.717) is 5.76 Å². The Kier molecular flexibility index (Phi) is 2.95. The van der Waals surface area contributed by atoms with E-state index in [-0.39, 0.29) is 37.0 Å². The predicted molar refractivity (Wildman–Crippen MR) is 54.8 cm³/mol. The van der Waals surface area contributed by atoms with Gasteiger partial charge in [-0.05, 0) is 12.1 Å². The molecule has 17 heavy (non-hydrogen) atoms. The van der Waals surface area contributed by atoms with Crippen molar-refractivity contribution >= 4 is 17.8 Å². The summed E-state index contributed by atoms with van der Waals surface area (Å²) in [5.74, 6) is -0.581. The first-order valence-corrected chi connectivity index (χ1v) is 5.12. The fourth-order valence-corrected chi connectivity index (χ4v) is 1.63. The van der Waals surface area contributed by atoms with Crippen LogP contribution in [0.4, 0.5) is 0 Å². The molecular weight excluding hydrogens is 226 g/mol. The molecule has 0 aliphatic carbocycles. The van der Waals surface area contributed by atoms with Gasteiger partial charge in [-0.15, -0.1) is 0 Å². The first-order chi connectivity index (χ1) is 8.11. The van der Waals surface area contributed by atoms with Crippen LogP contribution in [-0.4, -0.2) is 29.8 Å². The van der Waals surface area contributed by atoms with Crippen LogP contribution in [0, 0.1) is 0 Å². The van der Waals surface area contributed by atoms with Gasteiger partial charge in [-0.3, -0.25) is 14.5 Å². The summed E-state index contributed by atoms with van der Waals surface area (Å²) in [6.45, 7) is 0.0641. The van der Waals surface area contributed by atoms with Crippen LogP contribution in [0.15, 0.2) is 16.5 Å². The highest BCUT2D eigenvalue weighted by molar-refractivity contribution is 6.01. The van der Waals surface area contributed by atoms with Gasteiger partial charge in [0.05, 0.1) is 13.7 Å². The second-order valence-corrected chi connectivity index (χ2v) is 3.63. The number of carbonyl (C=O) groups excluding carboxylic acids is 3. The molecular formula is C11H11NO5. The van der Waals surface area contributed by atoms with Crippen molar-refractivity contribution in [2.75, 3.05) is 7.11 Å². The van der Waals surface area contributed by atoms with Crippen LogP contribution in [0.2, 0.25) is 0 Å². The molecule has 1 aliphatic heterocycles. The van der Waals surface area contributed by atoms with E-state index in [1.165, 1.54) is 13.2 Å². The molecule has 0 unspecified atom stereocenters. The second kappa shape index (κ2) is 4.40. The molecule has 1 saturated heterocycles. The van der Waals surface area contributed by atoms with Crippen molar-refractivity contribution in [1.82, 2.24) is 4.90 Å². The summed E-state index contributed by atoms with van der Waals surface area (Å²) in [4.78, 5) is 35.0. The molecule has 6 nitrogen and oxygen atoms in total. The SMILES string of the molecule is COC(=O)c1ccc(CN2C(=O)CCC2=O)o1. The molecule has 0 N–H and O–H groups in total. The minimum atomic E-state index is -0.588. The molecule has 0 aromatic carbocycles. The van der Waals surface area contributed by atoms with E-state index in [1.54, 1.807) is 6.07 Å². The number of methoxy groups -OCH3 is 1. The number of hydrogen-bond donors (Lipinski definition) is 0. The van der Waals surface area contributed by atoms with Crippen molar-refractivity contribution in [3.8, 4) is 0 Å². The summed E-state index contributed by atoms with van der Waals surface area (Å²) in [6.07, 6.45) is 0.479. The highest BCUT2D eigenvalue weighted by atomic mass is 16.5. The van der Waals surface area contributed by atoms with Crippen LogP contribution in [-0.2, 0) is 20.9 Å². The average Bonchev–Trinajstić information content (AvgIpc) is 2.90. The average molecular weight is 237 g/mol. The molecule has 1 fully saturated rings. The number of amides is 2. The molecule has 0 radical (unpaired) electrons. The standard InChI is InChI=1S/C11H11NO5/c1-16-11(15)8-3-2-7(17-8)6-12-9(13)4-5-10(12)14/h2-3H,4-6H2,1H3. The Morgan fingerprint density at radius 3 is 2.59 bits per heavy atom. The number of imide groups is 1. The number of hydrogen-bond acceptors (Lipinski definition) is 5. The van der Waals surface area contributed by atoms with E-state index in [1.807, 2.05) is 0 Å². The van der Waals surface area contributed by atoms with Gasteiger partial charge in [0.2, 0.25) is 17.6 Å². The molecule has 1 aromatic heterocycles. The number of furan rings is 1. The molecule has 1 aliphatic rings. The van der Waals surface area contributed by atoms with E-state index < -0.39 is 5.97 Å². The summed E-state index contributed by atoms with van der Waals surface area (Å²) >= 11 is 0. The van der Waals surface area contributed by atoms with Crippen molar-refractivity contribution in [3.05, 3.63) is 23.7 Å². The Labute approximate surface area is 97.1 Å². The van der Waals surface area contributed by atoms with Gasteiger partial charge >= 0.3 is 5.97 Å². The zero-order valence-electron chi connectivity index (χ0n) is 9.26. The van der Waals surface area contributed by atoms with E-state index >= 15 is 0 Å². The van der Waals surface area contributed by atoms with Crippen LogP contribution in [0.5, 0.6) is 0 Å². The zero-order valence-corrected chi connectivity index (χ0v) is 9.26. The summed E-state index contributed by atoms with van der Waals surface area (Å²) in [5.41, 5.74) is 0. The highest BCUT2D eigenvalue weighted by Crippen LogP contribution is 2.17. The lowest BCUT2D eigenvalue weighted by Crippen LogP contribution is -2.28. The molecule has 0 bridgehead atoms. The second-order valence-electron chi connectivity index (χ2n) is 3.63. The van der Waals surface area contributed by atoms with Gasteiger partial charge in [-0.1, -0.05) is 0 Å². The Morgan fingerprint density at radius 2 is 2.00 bits per heavy atom. The predicted octanol–water partition coefficient (Wildman–Crippen LogP) is 0.715. The molecule has 90 valence electrons. The third-order valence-electron chi connectivity index (χ3n) is 2.52. The van der Waals surface area contributed by atoms with Gasteiger partial charge in [0, 0.05) is 12.8 Å². The normalized spacial score (nSPS) is 15.5. The molecule has 2 amide bonds. The van der Waals surface area contributed by atoms with E-state index in [9.17, 15) is 14.4 Å². The van der Waals surface area contributed by atoms with Gasteiger partial charge in [0.15, 0.2) is 0 Å². The number of ether oxygens (including phenoxy) is 1. The maximum Gasteiger partial charge on any atom is 0.373 e. The van der Waals surface area contributed by atoms with E-state index in [0.717, 1.165) is 4.90 Å². The quantitative estimate of drug-likeness (QED) is 0.571. The first-order valence-electron chi connectivity index (χ1n) is 5.12. The summed E-state index contributed by atoms with van der Waals surface area (Å²) in [7, 11) is 1.25. The largest absolute Gasteiger partial charge is 0.463 e. The Hall–Kier alpha value is -2.11. The number of carbonyl (C=O) groups is 3. The minimum absolute atomic E-state index is 0.0570. The first kappa shape index (κ1) is 11.4. The van der Waals surface area contributed by atoms with Crippen molar-refractivity contribution in [3.63, 3.8) is 0 Å². The third kappa shape index (κ3) is 2.20. The van der Waals surface area contributed by atoms with E-state index in [4.69, 9.17) is 4.42 Å². The molecule has 0 atom stereocenters. The van der Waals surface area contributed by atoms with Gasteiger partial charge in [0.25, 0.3) is 0 Å². The summed E-state index contributed by atoms with van der Waals surface area (Å²) < 4.78 is 9.66. The molecule has 0 saturated carbocycles. The fourth-order valence-electron chi connectivity index (χ4n) is 1.63. The minimum Gasteiger partial charge on any atom is -0.463 e. The summed E-state index contributed by atoms with van der Waals surface area (Å²) in [6, 6.07) is 3.00. The zero-order chi connectivity index (χ0) is 12.4. The molecule has 0 spiro atoms. The maximum absolute atomic E-state index is 11.4. The lowest BCUT2D eigenvalue weighted by Gasteiger charge is -2.10. The van der Waals surface area contributed by atoms with Crippen molar-refractivity contribution in [1.29, 1.82) is 0 Å². The molecule has 1 aromatic rings. The van der Waals surface area contributed by atoms with Crippen molar-refractivity contribution < 1.29 is 23.5 Å². The maximum atomic E-state index is 11.4. The van der Waals surface area contributed by atoms with Gasteiger partial charge < -0.3 is 9.15 Å². The van der Waals surface area contributed by atoms with E-state index in [2.05, 4.69) is 4.74 Å². The van der Waals surface area contributed by atoms with Crippen LogP contribution in [0.3, 0.4) is 0 Å². The number of rotatable bonds is 3. The lowest BCUT2D eigenvalue weighted by atomic mass is 10.4. The van der Waals surface area contributed by atoms with Crippen molar-refractivity contribution in [2.45, 2.75) is 19.4 Å². The van der Waals surface area contributed by atoms with Crippen LogP contribution in [0.25, 0.3) is 0 Å². The molecule has 2 heterocycles. The third-order valence-corrected chi connectivity index (χ3v) is 2.52.